The van der Waals surface area contributed by atoms with Crippen molar-refractivity contribution in [1.82, 2.24) is 14.7 Å². The topological polar surface area (TPSA) is 58.1 Å². The zero-order valence-electron chi connectivity index (χ0n) is 10.9. The number of Topliss-reactive ketones (excluding diaryl/α,β-unsaturated/α-hetero) is 1. The van der Waals surface area contributed by atoms with Crippen LogP contribution in [-0.4, -0.2) is 34.1 Å². The molecule has 0 bridgehead atoms. The van der Waals surface area contributed by atoms with Gasteiger partial charge in [-0.1, -0.05) is 5.73 Å². The smallest absolute Gasteiger partial charge is 0.274 e. The molecule has 96 valence electrons. The van der Waals surface area contributed by atoms with Crippen LogP contribution >= 0.6 is 0 Å². The predicted molar refractivity (Wildman–Crippen MR) is 69.4 cm³/mol. The highest BCUT2D eigenvalue weighted by molar-refractivity contribution is 5.95. The standard InChI is InChI=1S/C13H17N3O2/c1-9(17)12-11(13(18)16(3)14-12)7-6-10-5-4-8-15(10)2/h7,14H,4-5,8H2,1-3H3. The molecule has 1 N–H and O–H groups in total. The second-order valence-electron chi connectivity index (χ2n) is 4.58. The van der Waals surface area contributed by atoms with Crippen molar-refractivity contribution >= 4 is 11.9 Å². The van der Waals surface area contributed by atoms with Crippen molar-refractivity contribution in [3.63, 3.8) is 0 Å². The molecule has 5 nitrogen and oxygen atoms in total. The zero-order valence-corrected chi connectivity index (χ0v) is 10.9. The Hall–Kier alpha value is -2.00. The number of aromatic nitrogens is 2. The number of nitrogens with zero attached hydrogens (tertiary/aromatic N) is 2. The van der Waals surface area contributed by atoms with Gasteiger partial charge in [0.1, 0.15) is 5.69 Å². The third-order valence-electron chi connectivity index (χ3n) is 3.19. The minimum Gasteiger partial charge on any atom is -0.372 e. The Kier molecular flexibility index (Phi) is 3.26. The van der Waals surface area contributed by atoms with Crippen molar-refractivity contribution in [3.05, 3.63) is 33.0 Å². The molecule has 2 heterocycles. The van der Waals surface area contributed by atoms with Gasteiger partial charge in [-0.05, 0) is 18.9 Å². The van der Waals surface area contributed by atoms with E-state index in [1.165, 1.54) is 11.6 Å². The summed E-state index contributed by atoms with van der Waals surface area (Å²) < 4.78 is 1.31. The van der Waals surface area contributed by atoms with E-state index in [0.29, 0.717) is 11.3 Å². The first-order chi connectivity index (χ1) is 8.50. The van der Waals surface area contributed by atoms with Crippen LogP contribution in [0.1, 0.15) is 35.8 Å². The van der Waals surface area contributed by atoms with Gasteiger partial charge in [-0.2, -0.15) is 0 Å². The first kappa shape index (κ1) is 12.5. The van der Waals surface area contributed by atoms with E-state index >= 15 is 0 Å². The molecule has 0 aromatic carbocycles. The fourth-order valence-corrected chi connectivity index (χ4v) is 2.12. The lowest BCUT2D eigenvalue weighted by molar-refractivity contribution is 0.101. The van der Waals surface area contributed by atoms with Crippen molar-refractivity contribution in [2.45, 2.75) is 19.8 Å². The van der Waals surface area contributed by atoms with Crippen LogP contribution in [0.15, 0.2) is 16.2 Å². The Morgan fingerprint density at radius 2 is 2.17 bits per heavy atom. The van der Waals surface area contributed by atoms with E-state index in [0.717, 1.165) is 25.1 Å². The van der Waals surface area contributed by atoms with E-state index in [1.807, 2.05) is 7.05 Å². The molecular weight excluding hydrogens is 230 g/mol. The van der Waals surface area contributed by atoms with Crippen LogP contribution in [0, 0.1) is 0 Å². The highest BCUT2D eigenvalue weighted by Gasteiger charge is 2.14. The van der Waals surface area contributed by atoms with Crippen molar-refractivity contribution in [2.24, 2.45) is 7.05 Å². The van der Waals surface area contributed by atoms with Crippen LogP contribution in [0.3, 0.4) is 0 Å². The van der Waals surface area contributed by atoms with Crippen LogP contribution in [0.25, 0.3) is 6.08 Å². The largest absolute Gasteiger partial charge is 0.372 e. The van der Waals surface area contributed by atoms with Crippen LogP contribution in [0.5, 0.6) is 0 Å². The summed E-state index contributed by atoms with van der Waals surface area (Å²) in [7, 11) is 3.60. The molecule has 1 saturated heterocycles. The van der Waals surface area contributed by atoms with E-state index in [1.54, 1.807) is 13.1 Å². The first-order valence-electron chi connectivity index (χ1n) is 5.97. The summed E-state index contributed by atoms with van der Waals surface area (Å²) in [6.07, 6.45) is 3.69. The minimum atomic E-state index is -0.200. The number of aryl methyl sites for hydroxylation is 1. The van der Waals surface area contributed by atoms with Gasteiger partial charge in [-0.15, -0.1) is 0 Å². The monoisotopic (exact) mass is 247 g/mol. The lowest BCUT2D eigenvalue weighted by Gasteiger charge is -2.08. The number of allylic oxidation sites excluding steroid dienone is 1. The summed E-state index contributed by atoms with van der Waals surface area (Å²) in [4.78, 5) is 25.4. The first-order valence-corrected chi connectivity index (χ1v) is 5.97. The maximum atomic E-state index is 11.9. The fourth-order valence-electron chi connectivity index (χ4n) is 2.12. The van der Waals surface area contributed by atoms with Crippen LogP contribution in [0.2, 0.25) is 0 Å². The van der Waals surface area contributed by atoms with Crippen LogP contribution < -0.4 is 5.56 Å². The molecule has 2 rings (SSSR count). The Balaban J connectivity index is 2.49. The third-order valence-corrected chi connectivity index (χ3v) is 3.19. The van der Waals surface area contributed by atoms with Crippen molar-refractivity contribution in [1.29, 1.82) is 0 Å². The lowest BCUT2D eigenvalue weighted by atomic mass is 10.2. The number of rotatable bonds is 2. The number of H-pyrrole nitrogens is 1. The summed E-state index contributed by atoms with van der Waals surface area (Å²) in [6, 6.07) is 0. The van der Waals surface area contributed by atoms with Gasteiger partial charge in [0.2, 0.25) is 0 Å². The zero-order chi connectivity index (χ0) is 13.3. The van der Waals surface area contributed by atoms with Gasteiger partial charge in [0.05, 0.1) is 11.3 Å². The van der Waals surface area contributed by atoms with Gasteiger partial charge in [-0.25, -0.2) is 0 Å². The highest BCUT2D eigenvalue weighted by atomic mass is 16.1. The molecule has 0 radical (unpaired) electrons. The number of ketones is 1. The Bertz CT molecular complexity index is 600. The Morgan fingerprint density at radius 3 is 2.72 bits per heavy atom. The molecule has 0 atom stereocenters. The molecule has 1 aliphatic rings. The van der Waals surface area contributed by atoms with E-state index in [9.17, 15) is 9.59 Å². The second-order valence-corrected chi connectivity index (χ2v) is 4.58. The van der Waals surface area contributed by atoms with Crippen molar-refractivity contribution in [3.8, 4) is 0 Å². The molecule has 1 aromatic rings. The molecule has 0 aliphatic carbocycles. The summed E-state index contributed by atoms with van der Waals surface area (Å²) >= 11 is 0. The summed E-state index contributed by atoms with van der Waals surface area (Å²) in [5.41, 5.74) is 4.74. The molecule has 0 unspecified atom stereocenters. The number of carbonyl (C=O) groups excluding carboxylic acids is 1. The van der Waals surface area contributed by atoms with Gasteiger partial charge >= 0.3 is 0 Å². The van der Waals surface area contributed by atoms with E-state index in [2.05, 4.69) is 15.7 Å². The lowest BCUT2D eigenvalue weighted by Crippen LogP contribution is -2.13. The van der Waals surface area contributed by atoms with E-state index in [4.69, 9.17) is 0 Å². The number of hydrogen-bond donors (Lipinski definition) is 1. The van der Waals surface area contributed by atoms with E-state index < -0.39 is 0 Å². The molecule has 18 heavy (non-hydrogen) atoms. The van der Waals surface area contributed by atoms with Crippen molar-refractivity contribution in [2.75, 3.05) is 13.6 Å². The van der Waals surface area contributed by atoms with Crippen LogP contribution in [-0.2, 0) is 7.05 Å². The average molecular weight is 247 g/mol. The summed E-state index contributed by atoms with van der Waals surface area (Å²) in [6.45, 7) is 2.46. The predicted octanol–water partition coefficient (Wildman–Crippen LogP) is 1.14. The number of nitrogens with one attached hydrogen (secondary N) is 1. The number of carbonyl (C=O) groups is 1. The maximum absolute atomic E-state index is 11.9. The van der Waals surface area contributed by atoms with Gasteiger partial charge in [-0.3, -0.25) is 19.4 Å². The van der Waals surface area contributed by atoms with Crippen LogP contribution in [0.4, 0.5) is 0 Å². The Morgan fingerprint density at radius 1 is 1.44 bits per heavy atom. The summed E-state index contributed by atoms with van der Waals surface area (Å²) in [5.74, 6) is -0.148. The van der Waals surface area contributed by atoms with E-state index in [-0.39, 0.29) is 11.3 Å². The SMILES string of the molecule is CC(=O)c1[nH]n(C)c(=O)c1C=C=C1CCCN1C. The van der Waals surface area contributed by atoms with Gasteiger partial charge in [0, 0.05) is 27.6 Å². The van der Waals surface area contributed by atoms with Gasteiger partial charge < -0.3 is 4.90 Å². The van der Waals surface area contributed by atoms with Gasteiger partial charge in [0.15, 0.2) is 5.78 Å². The molecule has 5 heteroatoms. The average Bonchev–Trinajstić information content (AvgIpc) is 2.83. The maximum Gasteiger partial charge on any atom is 0.274 e. The molecule has 1 fully saturated rings. The normalized spacial score (nSPS) is 14.8. The molecule has 1 aliphatic heterocycles. The third kappa shape index (κ3) is 2.17. The Labute approximate surface area is 105 Å². The van der Waals surface area contributed by atoms with Crippen molar-refractivity contribution < 1.29 is 4.79 Å². The fraction of sp³-hybridized carbons (Fsp3) is 0.462. The molecule has 0 saturated carbocycles. The number of likely N-dealkylation sites (tertiary alicyclic amines) is 1. The van der Waals surface area contributed by atoms with Gasteiger partial charge in [0.25, 0.3) is 5.56 Å². The quantitative estimate of drug-likeness (QED) is 0.629. The second kappa shape index (κ2) is 4.70. The number of aromatic amines is 1. The molecule has 0 spiro atoms. The molecule has 0 amide bonds. The highest BCUT2D eigenvalue weighted by Crippen LogP contribution is 2.17. The molecule has 1 aromatic heterocycles. The number of hydrogen-bond acceptors (Lipinski definition) is 3. The molecular formula is C13H17N3O2. The summed E-state index contributed by atoms with van der Waals surface area (Å²) in [5, 5.41) is 2.76. The minimum absolute atomic E-state index is 0.148.